The number of nitrogens with one attached hydrogen (secondary N) is 2. The second-order valence-electron chi connectivity index (χ2n) is 4.17. The van der Waals surface area contributed by atoms with Crippen molar-refractivity contribution in [1.29, 1.82) is 0 Å². The molecule has 1 fully saturated rings. The first-order valence-electron chi connectivity index (χ1n) is 5.30. The lowest BCUT2D eigenvalue weighted by Crippen LogP contribution is -2.42. The van der Waals surface area contributed by atoms with Gasteiger partial charge in [0, 0.05) is 38.1 Å². The summed E-state index contributed by atoms with van der Waals surface area (Å²) in [5, 5.41) is 6.17. The highest BCUT2D eigenvalue weighted by molar-refractivity contribution is 5.76. The summed E-state index contributed by atoms with van der Waals surface area (Å²) < 4.78 is 0. The molecule has 1 saturated heterocycles. The Morgan fingerprint density at radius 1 is 1.71 bits per heavy atom. The molecular formula is C10H21N3O. The van der Waals surface area contributed by atoms with E-state index in [0.717, 1.165) is 19.6 Å². The summed E-state index contributed by atoms with van der Waals surface area (Å²) in [6, 6.07) is 0.754. The maximum Gasteiger partial charge on any atom is 0.221 e. The van der Waals surface area contributed by atoms with Crippen molar-refractivity contribution in [1.82, 2.24) is 15.5 Å². The van der Waals surface area contributed by atoms with E-state index < -0.39 is 0 Å². The Morgan fingerprint density at radius 3 is 3.07 bits per heavy atom. The van der Waals surface area contributed by atoms with Crippen LogP contribution in [0.15, 0.2) is 0 Å². The average molecular weight is 199 g/mol. The predicted octanol–water partition coefficient (Wildman–Crippen LogP) is -0.195. The maximum atomic E-state index is 11.2. The number of carbonyl (C=O) groups excluding carboxylic acids is 1. The van der Waals surface area contributed by atoms with Crippen LogP contribution in [0.3, 0.4) is 0 Å². The van der Waals surface area contributed by atoms with Crippen molar-refractivity contribution in [2.45, 2.75) is 32.4 Å². The van der Waals surface area contributed by atoms with Crippen LogP contribution in [0.2, 0.25) is 0 Å². The van der Waals surface area contributed by atoms with Gasteiger partial charge in [-0.05, 0) is 20.9 Å². The zero-order valence-electron chi connectivity index (χ0n) is 9.34. The monoisotopic (exact) mass is 199 g/mol. The topological polar surface area (TPSA) is 44.4 Å². The molecule has 0 aromatic rings. The van der Waals surface area contributed by atoms with Crippen LogP contribution in [0.25, 0.3) is 0 Å². The smallest absolute Gasteiger partial charge is 0.221 e. The molecule has 4 heteroatoms. The third-order valence-electron chi connectivity index (χ3n) is 2.62. The van der Waals surface area contributed by atoms with E-state index in [1.165, 1.54) is 0 Å². The van der Waals surface area contributed by atoms with Crippen LogP contribution in [-0.2, 0) is 4.79 Å². The fraction of sp³-hybridized carbons (Fsp3) is 0.900. The Bertz CT molecular complexity index is 196. The molecule has 1 heterocycles. The highest BCUT2D eigenvalue weighted by Gasteiger charge is 2.19. The van der Waals surface area contributed by atoms with E-state index in [9.17, 15) is 4.79 Å². The van der Waals surface area contributed by atoms with E-state index in [1.807, 2.05) is 7.05 Å². The van der Waals surface area contributed by atoms with E-state index in [1.54, 1.807) is 0 Å². The molecule has 0 aromatic heterocycles. The molecule has 2 N–H and O–H groups in total. The molecule has 0 bridgehead atoms. The molecule has 0 radical (unpaired) electrons. The first-order valence-corrected chi connectivity index (χ1v) is 5.30. The SMILES string of the molecule is CNC(C)CN1CCC(=O)NC(C)C1. The molecular weight excluding hydrogens is 178 g/mol. The third kappa shape index (κ3) is 3.64. The van der Waals surface area contributed by atoms with Crippen molar-refractivity contribution in [3.8, 4) is 0 Å². The molecule has 0 aromatic carbocycles. The molecule has 1 rings (SSSR count). The molecule has 82 valence electrons. The summed E-state index contributed by atoms with van der Waals surface area (Å²) in [5.74, 6) is 0.178. The molecule has 0 spiro atoms. The molecule has 0 aliphatic carbocycles. The van der Waals surface area contributed by atoms with Crippen molar-refractivity contribution in [2.24, 2.45) is 0 Å². The Hall–Kier alpha value is -0.610. The number of rotatable bonds is 3. The largest absolute Gasteiger partial charge is 0.352 e. The lowest BCUT2D eigenvalue weighted by atomic mass is 10.2. The van der Waals surface area contributed by atoms with Gasteiger partial charge in [0.05, 0.1) is 0 Å². The van der Waals surface area contributed by atoms with Crippen LogP contribution in [-0.4, -0.2) is 49.6 Å². The van der Waals surface area contributed by atoms with E-state index in [2.05, 4.69) is 29.4 Å². The number of nitrogens with zero attached hydrogens (tertiary/aromatic N) is 1. The molecule has 1 amide bonds. The standard InChI is InChI=1S/C10H21N3O/c1-8(11-3)6-13-5-4-10(14)12-9(2)7-13/h8-9,11H,4-7H2,1-3H3,(H,12,14). The van der Waals surface area contributed by atoms with Gasteiger partial charge in [0.1, 0.15) is 0 Å². The minimum Gasteiger partial charge on any atom is -0.352 e. The molecule has 14 heavy (non-hydrogen) atoms. The van der Waals surface area contributed by atoms with E-state index in [4.69, 9.17) is 0 Å². The van der Waals surface area contributed by atoms with Crippen LogP contribution in [0, 0.1) is 0 Å². The van der Waals surface area contributed by atoms with Gasteiger partial charge in [0.15, 0.2) is 0 Å². The third-order valence-corrected chi connectivity index (χ3v) is 2.62. The van der Waals surface area contributed by atoms with Crippen LogP contribution in [0.4, 0.5) is 0 Å². The first-order chi connectivity index (χ1) is 6.61. The Kier molecular flexibility index (Phi) is 4.35. The number of hydrogen-bond donors (Lipinski definition) is 2. The van der Waals surface area contributed by atoms with Gasteiger partial charge >= 0.3 is 0 Å². The maximum absolute atomic E-state index is 11.2. The van der Waals surface area contributed by atoms with Gasteiger partial charge in [0.25, 0.3) is 0 Å². The lowest BCUT2D eigenvalue weighted by Gasteiger charge is -2.24. The number of likely N-dealkylation sites (N-methyl/N-ethyl adjacent to an activating group) is 1. The molecule has 2 atom stereocenters. The minimum atomic E-state index is 0.178. The van der Waals surface area contributed by atoms with Crippen LogP contribution >= 0.6 is 0 Å². The fourth-order valence-electron chi connectivity index (χ4n) is 1.78. The normalized spacial score (nSPS) is 26.8. The van der Waals surface area contributed by atoms with E-state index >= 15 is 0 Å². The average Bonchev–Trinajstić information content (AvgIpc) is 2.27. The fourth-order valence-corrected chi connectivity index (χ4v) is 1.78. The summed E-state index contributed by atoms with van der Waals surface area (Å²) in [5.41, 5.74) is 0. The van der Waals surface area contributed by atoms with Crippen LogP contribution < -0.4 is 10.6 Å². The van der Waals surface area contributed by atoms with Crippen LogP contribution in [0.1, 0.15) is 20.3 Å². The summed E-state index contributed by atoms with van der Waals surface area (Å²) >= 11 is 0. The molecule has 0 saturated carbocycles. The van der Waals surface area contributed by atoms with Gasteiger partial charge < -0.3 is 10.6 Å². The first kappa shape index (κ1) is 11.5. The Morgan fingerprint density at radius 2 is 2.43 bits per heavy atom. The molecule has 1 aliphatic heterocycles. The highest BCUT2D eigenvalue weighted by Crippen LogP contribution is 2.02. The summed E-state index contributed by atoms with van der Waals surface area (Å²) in [6.45, 7) is 7.06. The lowest BCUT2D eigenvalue weighted by molar-refractivity contribution is -0.121. The van der Waals surface area contributed by atoms with E-state index in [0.29, 0.717) is 12.5 Å². The van der Waals surface area contributed by atoms with Crippen molar-refractivity contribution in [3.63, 3.8) is 0 Å². The molecule has 4 nitrogen and oxygen atoms in total. The van der Waals surface area contributed by atoms with Gasteiger partial charge in [-0.1, -0.05) is 0 Å². The summed E-state index contributed by atoms with van der Waals surface area (Å²) in [7, 11) is 1.97. The predicted molar refractivity (Wildman–Crippen MR) is 57.2 cm³/mol. The van der Waals surface area contributed by atoms with Gasteiger partial charge in [-0.2, -0.15) is 0 Å². The number of hydrogen-bond acceptors (Lipinski definition) is 3. The quantitative estimate of drug-likeness (QED) is 0.662. The van der Waals surface area contributed by atoms with E-state index in [-0.39, 0.29) is 11.9 Å². The van der Waals surface area contributed by atoms with Crippen LogP contribution in [0.5, 0.6) is 0 Å². The van der Waals surface area contributed by atoms with Crippen molar-refractivity contribution < 1.29 is 4.79 Å². The second-order valence-corrected chi connectivity index (χ2v) is 4.17. The summed E-state index contributed by atoms with van der Waals surface area (Å²) in [6.07, 6.45) is 0.626. The van der Waals surface area contributed by atoms with Gasteiger partial charge in [-0.25, -0.2) is 0 Å². The van der Waals surface area contributed by atoms with Crippen molar-refractivity contribution in [2.75, 3.05) is 26.7 Å². The number of amides is 1. The van der Waals surface area contributed by atoms with Gasteiger partial charge in [-0.15, -0.1) is 0 Å². The van der Waals surface area contributed by atoms with Gasteiger partial charge in [-0.3, -0.25) is 9.69 Å². The number of carbonyl (C=O) groups is 1. The molecule has 1 aliphatic rings. The van der Waals surface area contributed by atoms with Gasteiger partial charge in [0.2, 0.25) is 5.91 Å². The van der Waals surface area contributed by atoms with Crippen molar-refractivity contribution in [3.05, 3.63) is 0 Å². The Balaban J connectivity index is 2.41. The zero-order valence-corrected chi connectivity index (χ0v) is 9.34. The highest BCUT2D eigenvalue weighted by atomic mass is 16.1. The molecule has 2 unspecified atom stereocenters. The summed E-state index contributed by atoms with van der Waals surface area (Å²) in [4.78, 5) is 13.6. The van der Waals surface area contributed by atoms with Crippen molar-refractivity contribution >= 4 is 5.91 Å². The second kappa shape index (κ2) is 5.32. The minimum absolute atomic E-state index is 0.178. The Labute approximate surface area is 86.0 Å². The zero-order chi connectivity index (χ0) is 10.6.